The summed E-state index contributed by atoms with van der Waals surface area (Å²) in [5.74, 6) is 0.425. The third kappa shape index (κ3) is 2.95. The molecule has 108 valence electrons. The first-order valence-corrected chi connectivity index (χ1v) is 8.96. The second-order valence-electron chi connectivity index (χ2n) is 5.02. The van der Waals surface area contributed by atoms with E-state index in [0.29, 0.717) is 10.1 Å². The van der Waals surface area contributed by atoms with E-state index in [9.17, 15) is 8.42 Å². The molecule has 0 fully saturated rings. The van der Waals surface area contributed by atoms with Gasteiger partial charge in [0.2, 0.25) is 0 Å². The minimum Gasteiger partial charge on any atom is -0.329 e. The smallest absolute Gasteiger partial charge is 0.195 e. The fraction of sp³-hybridized carbons (Fsp3) is 0.333. The maximum atomic E-state index is 12.6. The van der Waals surface area contributed by atoms with Crippen molar-refractivity contribution in [1.29, 1.82) is 0 Å². The zero-order chi connectivity index (χ0) is 14.8. The van der Waals surface area contributed by atoms with Gasteiger partial charge in [0.15, 0.2) is 9.84 Å². The van der Waals surface area contributed by atoms with E-state index in [0.717, 1.165) is 5.56 Å². The van der Waals surface area contributed by atoms with Gasteiger partial charge >= 0.3 is 0 Å². The number of hydrogen-bond donors (Lipinski definition) is 1. The molecule has 0 aliphatic rings. The van der Waals surface area contributed by atoms with E-state index in [1.54, 1.807) is 17.5 Å². The lowest BCUT2D eigenvalue weighted by atomic mass is 10.0. The molecular weight excluding hydrogens is 290 g/mol. The molecule has 20 heavy (non-hydrogen) atoms. The summed E-state index contributed by atoms with van der Waals surface area (Å²) in [5.41, 5.74) is 7.67. The summed E-state index contributed by atoms with van der Waals surface area (Å²) < 4.78 is 25.5. The average molecular weight is 309 g/mol. The van der Waals surface area contributed by atoms with E-state index in [4.69, 9.17) is 5.73 Å². The number of nitrogens with two attached hydrogens (primary N) is 1. The minimum atomic E-state index is -3.40. The first kappa shape index (κ1) is 15.2. The van der Waals surface area contributed by atoms with Gasteiger partial charge < -0.3 is 5.73 Å². The Morgan fingerprint density at radius 3 is 2.15 bits per heavy atom. The van der Waals surface area contributed by atoms with Crippen LogP contribution in [0.3, 0.4) is 0 Å². The summed E-state index contributed by atoms with van der Waals surface area (Å²) in [7, 11) is -3.40. The number of thiophene rings is 1. The van der Waals surface area contributed by atoms with Crippen LogP contribution in [0.15, 0.2) is 46.0 Å². The third-order valence-corrected chi connectivity index (χ3v) is 6.90. The third-order valence-electron chi connectivity index (χ3n) is 3.34. The quantitative estimate of drug-likeness (QED) is 0.921. The summed E-state index contributed by atoms with van der Waals surface area (Å²) in [5, 5.41) is 1.09. The van der Waals surface area contributed by atoms with Crippen molar-refractivity contribution in [3.8, 4) is 0 Å². The molecule has 1 aromatic heterocycles. The van der Waals surface area contributed by atoms with Crippen molar-refractivity contribution in [1.82, 2.24) is 0 Å². The molecule has 2 aromatic rings. The lowest BCUT2D eigenvalue weighted by molar-refractivity contribution is 0.584. The van der Waals surface area contributed by atoms with Gasteiger partial charge in [-0.3, -0.25) is 0 Å². The molecule has 1 atom stereocenters. The van der Waals surface area contributed by atoms with Gasteiger partial charge in [-0.2, -0.15) is 0 Å². The van der Waals surface area contributed by atoms with Crippen molar-refractivity contribution >= 4 is 21.2 Å². The largest absolute Gasteiger partial charge is 0.329 e. The van der Waals surface area contributed by atoms with E-state index in [-0.39, 0.29) is 6.54 Å². The van der Waals surface area contributed by atoms with E-state index >= 15 is 0 Å². The van der Waals surface area contributed by atoms with E-state index < -0.39 is 15.1 Å². The van der Waals surface area contributed by atoms with Crippen molar-refractivity contribution < 1.29 is 8.42 Å². The van der Waals surface area contributed by atoms with Gasteiger partial charge in [0, 0.05) is 6.54 Å². The summed E-state index contributed by atoms with van der Waals surface area (Å²) in [6.07, 6.45) is 0. The zero-order valence-electron chi connectivity index (χ0n) is 11.6. The first-order valence-electron chi connectivity index (χ1n) is 6.54. The van der Waals surface area contributed by atoms with Crippen molar-refractivity contribution in [2.45, 2.75) is 29.2 Å². The van der Waals surface area contributed by atoms with Crippen LogP contribution in [0.25, 0.3) is 0 Å². The molecular formula is C15H19NO2S2. The average Bonchev–Trinajstić information content (AvgIpc) is 2.94. The Kier molecular flexibility index (Phi) is 4.62. The molecule has 1 aromatic carbocycles. The Hall–Kier alpha value is -1.17. The molecule has 5 heteroatoms. The number of hydrogen-bond acceptors (Lipinski definition) is 4. The fourth-order valence-electron chi connectivity index (χ4n) is 2.10. The van der Waals surface area contributed by atoms with Gasteiger partial charge in [0.25, 0.3) is 0 Å². The highest BCUT2D eigenvalue weighted by molar-refractivity contribution is 7.93. The van der Waals surface area contributed by atoms with Crippen LogP contribution in [-0.4, -0.2) is 15.0 Å². The van der Waals surface area contributed by atoms with Crippen LogP contribution in [0, 0.1) is 0 Å². The second kappa shape index (κ2) is 6.08. The molecule has 3 nitrogen and oxygen atoms in total. The Morgan fingerprint density at radius 2 is 1.70 bits per heavy atom. The van der Waals surface area contributed by atoms with Crippen LogP contribution in [0.4, 0.5) is 0 Å². The summed E-state index contributed by atoms with van der Waals surface area (Å²) >= 11 is 1.23. The summed E-state index contributed by atoms with van der Waals surface area (Å²) in [4.78, 5) is 0. The Labute approximate surface area is 124 Å². The molecule has 0 bridgehead atoms. The highest BCUT2D eigenvalue weighted by Gasteiger charge is 2.28. The maximum Gasteiger partial charge on any atom is 0.195 e. The van der Waals surface area contributed by atoms with Crippen molar-refractivity contribution in [2.75, 3.05) is 6.54 Å². The van der Waals surface area contributed by atoms with Crippen LogP contribution in [0.1, 0.15) is 36.1 Å². The molecule has 0 aliphatic heterocycles. The predicted molar refractivity (Wildman–Crippen MR) is 83.8 cm³/mol. The molecule has 2 N–H and O–H groups in total. The summed E-state index contributed by atoms with van der Waals surface area (Å²) in [6.45, 7) is 4.30. The van der Waals surface area contributed by atoms with E-state index in [2.05, 4.69) is 13.8 Å². The molecule has 0 aliphatic carbocycles. The zero-order valence-corrected chi connectivity index (χ0v) is 13.2. The topological polar surface area (TPSA) is 60.2 Å². The molecule has 0 spiro atoms. The van der Waals surface area contributed by atoms with Crippen LogP contribution in [-0.2, 0) is 9.84 Å². The molecule has 1 unspecified atom stereocenters. The van der Waals surface area contributed by atoms with E-state index in [1.165, 1.54) is 16.9 Å². The van der Waals surface area contributed by atoms with Crippen LogP contribution in [0.2, 0.25) is 0 Å². The van der Waals surface area contributed by atoms with Gasteiger partial charge in [-0.15, -0.1) is 11.3 Å². The highest BCUT2D eigenvalue weighted by atomic mass is 32.2. The number of sulfone groups is 1. The second-order valence-corrected chi connectivity index (χ2v) is 8.33. The fourth-order valence-corrected chi connectivity index (χ4v) is 4.92. The lowest BCUT2D eigenvalue weighted by Crippen LogP contribution is -2.21. The Morgan fingerprint density at radius 1 is 1.10 bits per heavy atom. The van der Waals surface area contributed by atoms with Crippen LogP contribution >= 0.6 is 11.3 Å². The number of rotatable bonds is 5. The molecule has 0 radical (unpaired) electrons. The van der Waals surface area contributed by atoms with Crippen LogP contribution in [0.5, 0.6) is 0 Å². The van der Waals surface area contributed by atoms with E-state index in [1.807, 2.05) is 24.3 Å². The minimum absolute atomic E-state index is 0.0846. The van der Waals surface area contributed by atoms with Crippen molar-refractivity contribution in [2.24, 2.45) is 5.73 Å². The van der Waals surface area contributed by atoms with Gasteiger partial charge in [-0.1, -0.05) is 44.2 Å². The van der Waals surface area contributed by atoms with Crippen LogP contribution < -0.4 is 5.73 Å². The SMILES string of the molecule is CC(C)c1ccc(C(CN)S(=O)(=O)c2cccs2)cc1. The number of benzene rings is 1. The monoisotopic (exact) mass is 309 g/mol. The normalized spacial score (nSPS) is 13.6. The van der Waals surface area contributed by atoms with Crippen molar-refractivity contribution in [3.05, 3.63) is 52.9 Å². The Balaban J connectivity index is 2.38. The highest BCUT2D eigenvalue weighted by Crippen LogP contribution is 2.31. The molecule has 2 rings (SSSR count). The standard InChI is InChI=1S/C15H19NO2S2/c1-11(2)12-5-7-13(8-6-12)14(10-16)20(17,18)15-4-3-9-19-15/h3-9,11,14H,10,16H2,1-2H3. The first-order chi connectivity index (χ1) is 9.46. The summed E-state index contributed by atoms with van der Waals surface area (Å²) in [6, 6.07) is 11.1. The Bertz CT molecular complexity index is 644. The molecule has 1 heterocycles. The molecule has 0 amide bonds. The maximum absolute atomic E-state index is 12.6. The van der Waals surface area contributed by atoms with Gasteiger partial charge in [0.1, 0.15) is 9.46 Å². The van der Waals surface area contributed by atoms with Crippen molar-refractivity contribution in [3.63, 3.8) is 0 Å². The van der Waals surface area contributed by atoms with Gasteiger partial charge in [-0.25, -0.2) is 8.42 Å². The van der Waals surface area contributed by atoms with Gasteiger partial charge in [-0.05, 0) is 28.5 Å². The lowest BCUT2D eigenvalue weighted by Gasteiger charge is -2.16. The predicted octanol–water partition coefficient (Wildman–Crippen LogP) is 3.35. The molecule has 0 saturated heterocycles. The molecule has 0 saturated carbocycles. The van der Waals surface area contributed by atoms with Gasteiger partial charge in [0.05, 0.1) is 0 Å².